The van der Waals surface area contributed by atoms with E-state index in [9.17, 15) is 14.0 Å². The van der Waals surface area contributed by atoms with Gasteiger partial charge in [0.1, 0.15) is 5.82 Å². The Morgan fingerprint density at radius 3 is 2.33 bits per heavy atom. The molecule has 0 aliphatic carbocycles. The van der Waals surface area contributed by atoms with Crippen LogP contribution >= 0.6 is 0 Å². The summed E-state index contributed by atoms with van der Waals surface area (Å²) in [6, 6.07) is 5.36. The highest BCUT2D eigenvalue weighted by Gasteiger charge is 2.23. The minimum Gasteiger partial charge on any atom is -0.481 e. The highest BCUT2D eigenvalue weighted by Crippen LogP contribution is 2.17. The van der Waals surface area contributed by atoms with Gasteiger partial charge in [0.05, 0.1) is 18.6 Å². The average molecular weight is 252 g/mol. The number of carboxylic acid groups (broad SMARTS) is 1. The lowest BCUT2D eigenvalue weighted by molar-refractivity contribution is -0.144. The minimum absolute atomic E-state index is 0.0107. The normalized spacial score (nSPS) is 12.9. The molecule has 0 bridgehead atoms. The van der Waals surface area contributed by atoms with Gasteiger partial charge < -0.3 is 9.84 Å². The lowest BCUT2D eigenvalue weighted by Gasteiger charge is -2.09. The van der Waals surface area contributed by atoms with Gasteiger partial charge in [-0.25, -0.2) is 9.18 Å². The highest BCUT2D eigenvalue weighted by atomic mass is 19.1. The van der Waals surface area contributed by atoms with Crippen LogP contribution in [0.15, 0.2) is 29.8 Å². The van der Waals surface area contributed by atoms with Crippen LogP contribution in [0.2, 0.25) is 0 Å². The molecule has 96 valence electrons. The highest BCUT2D eigenvalue weighted by molar-refractivity contribution is 5.99. The summed E-state index contributed by atoms with van der Waals surface area (Å²) in [7, 11) is 1.18. The largest absolute Gasteiger partial charge is 0.481 e. The van der Waals surface area contributed by atoms with E-state index in [4.69, 9.17) is 5.11 Å². The van der Waals surface area contributed by atoms with Crippen molar-refractivity contribution in [1.29, 1.82) is 0 Å². The molecule has 1 aromatic rings. The van der Waals surface area contributed by atoms with Gasteiger partial charge in [0.15, 0.2) is 0 Å². The van der Waals surface area contributed by atoms with E-state index in [-0.39, 0.29) is 5.57 Å². The van der Waals surface area contributed by atoms with Gasteiger partial charge in [0.25, 0.3) is 0 Å². The van der Waals surface area contributed by atoms with Gasteiger partial charge in [-0.05, 0) is 30.7 Å². The topological polar surface area (TPSA) is 63.6 Å². The Kier molecular flexibility index (Phi) is 4.59. The Bertz CT molecular complexity index is 476. The first-order valence-corrected chi connectivity index (χ1v) is 5.24. The van der Waals surface area contributed by atoms with Gasteiger partial charge in [-0.2, -0.15) is 0 Å². The van der Waals surface area contributed by atoms with Crippen molar-refractivity contribution in [1.82, 2.24) is 0 Å². The van der Waals surface area contributed by atoms with Crippen LogP contribution in [0.1, 0.15) is 12.5 Å². The summed E-state index contributed by atoms with van der Waals surface area (Å²) >= 11 is 0. The van der Waals surface area contributed by atoms with Crippen molar-refractivity contribution in [2.75, 3.05) is 7.11 Å². The van der Waals surface area contributed by atoms with Gasteiger partial charge >= 0.3 is 11.9 Å². The first kappa shape index (κ1) is 13.9. The number of hydrogen-bond acceptors (Lipinski definition) is 3. The fraction of sp³-hybridized carbons (Fsp3) is 0.231. The Labute approximate surface area is 104 Å². The summed E-state index contributed by atoms with van der Waals surface area (Å²) in [4.78, 5) is 22.4. The van der Waals surface area contributed by atoms with Gasteiger partial charge in [0, 0.05) is 0 Å². The molecule has 1 atom stereocenters. The summed E-state index contributed by atoms with van der Waals surface area (Å²) in [5.74, 6) is -3.25. The number of halogens is 1. The third-order valence-corrected chi connectivity index (χ3v) is 2.45. The maximum atomic E-state index is 12.7. The maximum absolute atomic E-state index is 12.7. The second kappa shape index (κ2) is 5.95. The van der Waals surface area contributed by atoms with Crippen LogP contribution in [0.5, 0.6) is 0 Å². The molecule has 1 unspecified atom stereocenters. The quantitative estimate of drug-likeness (QED) is 0.658. The molecule has 0 heterocycles. The standard InChI is InChI=1S/C13H13FO4/c1-8(12(15)16)11(13(17)18-2)7-9-3-5-10(14)6-4-9/h3-8H,1-2H3,(H,15,16)/b11-7-. The van der Waals surface area contributed by atoms with Crippen LogP contribution in [0.4, 0.5) is 4.39 Å². The van der Waals surface area contributed by atoms with Crippen molar-refractivity contribution in [2.24, 2.45) is 5.92 Å². The van der Waals surface area contributed by atoms with Crippen molar-refractivity contribution >= 4 is 18.0 Å². The maximum Gasteiger partial charge on any atom is 0.334 e. The average Bonchev–Trinajstić information content (AvgIpc) is 2.36. The molecule has 0 fully saturated rings. The fourth-order valence-electron chi connectivity index (χ4n) is 1.35. The lowest BCUT2D eigenvalue weighted by atomic mass is 9.98. The number of esters is 1. The van der Waals surface area contributed by atoms with Crippen molar-refractivity contribution < 1.29 is 23.8 Å². The van der Waals surface area contributed by atoms with Gasteiger partial charge in [-0.15, -0.1) is 0 Å². The van der Waals surface area contributed by atoms with E-state index >= 15 is 0 Å². The summed E-state index contributed by atoms with van der Waals surface area (Å²) < 4.78 is 17.3. The molecule has 1 rings (SSSR count). The lowest BCUT2D eigenvalue weighted by Crippen LogP contribution is -2.19. The van der Waals surface area contributed by atoms with Crippen LogP contribution in [0, 0.1) is 11.7 Å². The zero-order chi connectivity index (χ0) is 13.7. The smallest absolute Gasteiger partial charge is 0.334 e. The van der Waals surface area contributed by atoms with E-state index in [2.05, 4.69) is 4.74 Å². The molecule has 1 aromatic carbocycles. The SMILES string of the molecule is COC(=O)/C(=C\c1ccc(F)cc1)C(C)C(=O)O. The third kappa shape index (κ3) is 3.41. The van der Waals surface area contributed by atoms with Gasteiger partial charge in [-0.1, -0.05) is 12.1 Å². The molecule has 0 aliphatic rings. The number of rotatable bonds is 4. The molecule has 1 N–H and O–H groups in total. The van der Waals surface area contributed by atoms with Crippen LogP contribution in [-0.2, 0) is 14.3 Å². The first-order valence-electron chi connectivity index (χ1n) is 5.24. The van der Waals surface area contributed by atoms with Crippen molar-refractivity contribution in [3.63, 3.8) is 0 Å². The van der Waals surface area contributed by atoms with Gasteiger partial charge in [-0.3, -0.25) is 4.79 Å². The van der Waals surface area contributed by atoms with Crippen LogP contribution in [0.3, 0.4) is 0 Å². The molecular weight excluding hydrogens is 239 g/mol. The number of aliphatic carboxylic acids is 1. The van der Waals surface area contributed by atoms with Gasteiger partial charge in [0.2, 0.25) is 0 Å². The van der Waals surface area contributed by atoms with Crippen molar-refractivity contribution in [3.8, 4) is 0 Å². The predicted octanol–water partition coefficient (Wildman–Crippen LogP) is 2.10. The summed E-state index contributed by atoms with van der Waals surface area (Å²) in [6.07, 6.45) is 1.38. The molecule has 0 spiro atoms. The second-order valence-corrected chi connectivity index (χ2v) is 3.70. The number of carbonyl (C=O) groups is 2. The Hall–Kier alpha value is -2.17. The number of ether oxygens (including phenoxy) is 1. The number of carboxylic acids is 1. The Morgan fingerprint density at radius 1 is 1.33 bits per heavy atom. The molecule has 0 amide bonds. The minimum atomic E-state index is -1.13. The zero-order valence-electron chi connectivity index (χ0n) is 10.0. The molecule has 0 saturated carbocycles. The molecule has 5 heteroatoms. The summed E-state index contributed by atoms with van der Waals surface area (Å²) in [6.45, 7) is 1.38. The summed E-state index contributed by atoms with van der Waals surface area (Å²) in [5.41, 5.74) is 0.543. The molecule has 0 saturated heterocycles. The first-order chi connectivity index (χ1) is 8.45. The van der Waals surface area contributed by atoms with E-state index in [1.807, 2.05) is 0 Å². The van der Waals surface area contributed by atoms with Crippen LogP contribution in [0.25, 0.3) is 6.08 Å². The number of methoxy groups -OCH3 is 1. The summed E-state index contributed by atoms with van der Waals surface area (Å²) in [5, 5.41) is 8.91. The molecular formula is C13H13FO4. The van der Waals surface area contributed by atoms with Crippen LogP contribution in [-0.4, -0.2) is 24.2 Å². The van der Waals surface area contributed by atoms with E-state index in [0.717, 1.165) is 0 Å². The van der Waals surface area contributed by atoms with E-state index < -0.39 is 23.7 Å². The predicted molar refractivity (Wildman–Crippen MR) is 63.2 cm³/mol. The Morgan fingerprint density at radius 2 is 1.89 bits per heavy atom. The fourth-order valence-corrected chi connectivity index (χ4v) is 1.35. The number of benzene rings is 1. The molecule has 0 aromatic heterocycles. The number of carbonyl (C=O) groups excluding carboxylic acids is 1. The zero-order valence-corrected chi connectivity index (χ0v) is 10.0. The Balaban J connectivity index is 3.13. The molecule has 18 heavy (non-hydrogen) atoms. The van der Waals surface area contributed by atoms with E-state index in [1.165, 1.54) is 44.4 Å². The molecule has 0 aliphatic heterocycles. The molecule has 4 nitrogen and oxygen atoms in total. The van der Waals surface area contributed by atoms with Crippen molar-refractivity contribution in [3.05, 3.63) is 41.2 Å². The third-order valence-electron chi connectivity index (χ3n) is 2.45. The van der Waals surface area contributed by atoms with E-state index in [1.54, 1.807) is 0 Å². The van der Waals surface area contributed by atoms with Crippen LogP contribution < -0.4 is 0 Å². The monoisotopic (exact) mass is 252 g/mol. The molecule has 0 radical (unpaired) electrons. The van der Waals surface area contributed by atoms with E-state index in [0.29, 0.717) is 5.56 Å². The van der Waals surface area contributed by atoms with Crippen molar-refractivity contribution in [2.45, 2.75) is 6.92 Å². The second-order valence-electron chi connectivity index (χ2n) is 3.70. The number of hydrogen-bond donors (Lipinski definition) is 1.